The van der Waals surface area contributed by atoms with Gasteiger partial charge in [0.2, 0.25) is 0 Å². The summed E-state index contributed by atoms with van der Waals surface area (Å²) in [6.07, 6.45) is 3.76. The van der Waals surface area contributed by atoms with Crippen LogP contribution in [0.4, 0.5) is 0 Å². The topological polar surface area (TPSA) is 5.90 Å². The minimum Gasteiger partial charge on any atom is -0.165 e. The fourth-order valence-corrected chi connectivity index (χ4v) is 0.515. The predicted molar refractivity (Wildman–Crippen MR) is 38.2 cm³/mol. The van der Waals surface area contributed by atoms with Crippen LogP contribution >= 0.6 is 0 Å². The van der Waals surface area contributed by atoms with Gasteiger partial charge in [-0.15, -0.1) is 0 Å². The number of hydrogen-bond donors (Lipinski definition) is 0. The van der Waals surface area contributed by atoms with Crippen LogP contribution in [0.1, 0.15) is 0 Å². The molecule has 1 nitrogen and oxygen atoms in total. The van der Waals surface area contributed by atoms with Crippen molar-refractivity contribution in [2.45, 2.75) is 0 Å². The minimum absolute atomic E-state index is 0.937. The van der Waals surface area contributed by atoms with Crippen molar-refractivity contribution < 1.29 is 0 Å². The Morgan fingerprint density at radius 3 is 1.88 bits per heavy atom. The van der Waals surface area contributed by atoms with Crippen LogP contribution in [0.5, 0.6) is 0 Å². The molecule has 0 rings (SSSR count). The first-order chi connectivity index (χ1) is 3.81. The first-order valence-corrected chi connectivity index (χ1v) is 2.71. The number of rotatable bonds is 4. The molecule has 0 aliphatic carbocycles. The number of nitrogens with zero attached hydrogens (tertiary/aromatic N) is 1. The van der Waals surface area contributed by atoms with E-state index in [0.29, 0.717) is 0 Å². The Bertz CT molecular complexity index is 66.5. The molecular weight excluding hydrogens is 98.1 g/mol. The molecule has 0 amide bonds. The maximum atomic E-state index is 3.61. The zero-order chi connectivity index (χ0) is 6.41. The smallest absolute Gasteiger partial charge is 0.141 e. The largest absolute Gasteiger partial charge is 0.165 e. The Morgan fingerprint density at radius 1 is 1.25 bits per heavy atom. The molecule has 0 aliphatic rings. The number of likely N-dealkylation sites (N-methyl/N-ethyl adjacent to an activating group) is 1. The van der Waals surface area contributed by atoms with Crippen LogP contribution in [-0.2, 0) is 0 Å². The highest BCUT2D eigenvalue weighted by Crippen LogP contribution is 1.75. The molecule has 0 heterocycles. The fourth-order valence-electron chi connectivity index (χ4n) is 0.515. The monoisotopic (exact) mass is 111 g/mol. The van der Waals surface area contributed by atoms with E-state index in [-0.39, 0.29) is 0 Å². The summed E-state index contributed by atoms with van der Waals surface area (Å²) in [5, 5.41) is 0. The average Bonchev–Trinajstić information content (AvgIpc) is 1.68. The molecule has 0 bridgehead atoms. The lowest BCUT2D eigenvalue weighted by molar-refractivity contribution is 0.575. The SMILES string of the molecule is C=CC[N+](C)CC=C. The lowest BCUT2D eigenvalue weighted by Crippen LogP contribution is -2.24. The number of hydrogen-bond acceptors (Lipinski definition) is 1. The van der Waals surface area contributed by atoms with E-state index in [1.807, 2.05) is 19.2 Å². The van der Waals surface area contributed by atoms with Crippen LogP contribution in [0.2, 0.25) is 0 Å². The van der Waals surface area contributed by atoms with Gasteiger partial charge in [-0.1, -0.05) is 13.2 Å². The molecule has 45 valence electrons. The first-order valence-electron chi connectivity index (χ1n) is 2.71. The highest BCUT2D eigenvalue weighted by molar-refractivity contribution is 4.80. The van der Waals surface area contributed by atoms with E-state index >= 15 is 0 Å². The van der Waals surface area contributed by atoms with Gasteiger partial charge in [0.15, 0.2) is 0 Å². The maximum Gasteiger partial charge on any atom is 0.141 e. The summed E-state index contributed by atoms with van der Waals surface area (Å²) in [6, 6.07) is 0. The molecule has 0 unspecified atom stereocenters. The van der Waals surface area contributed by atoms with Crippen LogP contribution in [-0.4, -0.2) is 20.1 Å². The molecular formula is C7H13N+. The molecule has 0 N–H and O–H groups in total. The van der Waals surface area contributed by atoms with Gasteiger partial charge in [-0.25, -0.2) is 0 Å². The van der Waals surface area contributed by atoms with Gasteiger partial charge in [0, 0.05) is 0 Å². The third-order valence-corrected chi connectivity index (χ3v) is 0.882. The lowest BCUT2D eigenvalue weighted by atomic mass is 10.5. The van der Waals surface area contributed by atoms with Crippen LogP contribution in [0.15, 0.2) is 25.3 Å². The summed E-state index contributed by atoms with van der Waals surface area (Å²) in [5.41, 5.74) is 0. The molecule has 0 atom stereocenters. The average molecular weight is 111 g/mol. The van der Waals surface area contributed by atoms with Gasteiger partial charge >= 0.3 is 0 Å². The third kappa shape index (κ3) is 3.62. The van der Waals surface area contributed by atoms with Crippen molar-refractivity contribution in [1.29, 1.82) is 0 Å². The van der Waals surface area contributed by atoms with Crippen molar-refractivity contribution in [1.82, 2.24) is 4.90 Å². The first kappa shape index (κ1) is 7.44. The van der Waals surface area contributed by atoms with E-state index in [2.05, 4.69) is 18.1 Å². The van der Waals surface area contributed by atoms with Crippen molar-refractivity contribution in [2.24, 2.45) is 0 Å². The summed E-state index contributed by atoms with van der Waals surface area (Å²) in [4.78, 5) is 2.12. The molecule has 0 aromatic heterocycles. The zero-order valence-corrected chi connectivity index (χ0v) is 5.43. The van der Waals surface area contributed by atoms with E-state index in [9.17, 15) is 0 Å². The Labute approximate surface area is 51.3 Å². The van der Waals surface area contributed by atoms with Gasteiger partial charge in [-0.3, -0.25) is 0 Å². The molecule has 1 heteroatoms. The predicted octanol–water partition coefficient (Wildman–Crippen LogP) is 1.13. The van der Waals surface area contributed by atoms with E-state index in [4.69, 9.17) is 0 Å². The van der Waals surface area contributed by atoms with E-state index in [0.717, 1.165) is 13.1 Å². The Kier molecular flexibility index (Phi) is 4.27. The minimum atomic E-state index is 0.937. The normalized spacial score (nSPS) is 9.25. The van der Waals surface area contributed by atoms with Crippen LogP contribution in [0.3, 0.4) is 0 Å². The van der Waals surface area contributed by atoms with Gasteiger partial charge in [0.25, 0.3) is 0 Å². The van der Waals surface area contributed by atoms with Crippen molar-refractivity contribution in [2.75, 3.05) is 20.1 Å². The second kappa shape index (κ2) is 4.60. The lowest BCUT2D eigenvalue weighted by Gasteiger charge is -1.97. The van der Waals surface area contributed by atoms with E-state index in [1.165, 1.54) is 0 Å². The highest BCUT2D eigenvalue weighted by atomic mass is 15.1. The van der Waals surface area contributed by atoms with Crippen molar-refractivity contribution >= 4 is 0 Å². The van der Waals surface area contributed by atoms with Crippen molar-refractivity contribution in [3.05, 3.63) is 25.3 Å². The van der Waals surface area contributed by atoms with Crippen LogP contribution in [0, 0.1) is 0 Å². The summed E-state index contributed by atoms with van der Waals surface area (Å²) in [5.74, 6) is 0. The van der Waals surface area contributed by atoms with Crippen LogP contribution < -0.4 is 4.90 Å². The maximum absolute atomic E-state index is 3.61. The molecule has 0 aromatic carbocycles. The quantitative estimate of drug-likeness (QED) is 0.379. The summed E-state index contributed by atoms with van der Waals surface area (Å²) >= 11 is 0. The van der Waals surface area contributed by atoms with Gasteiger partial charge in [0.1, 0.15) is 20.1 Å². The molecule has 0 spiro atoms. The third-order valence-electron chi connectivity index (χ3n) is 0.882. The van der Waals surface area contributed by atoms with Crippen molar-refractivity contribution in [3.8, 4) is 0 Å². The summed E-state index contributed by atoms with van der Waals surface area (Å²) in [6.45, 7) is 9.09. The molecule has 0 saturated carbocycles. The Morgan fingerprint density at radius 2 is 1.62 bits per heavy atom. The fraction of sp³-hybridized carbons (Fsp3) is 0.429. The molecule has 0 aliphatic heterocycles. The molecule has 1 radical (unpaired) electrons. The van der Waals surface area contributed by atoms with Crippen molar-refractivity contribution in [3.63, 3.8) is 0 Å². The molecule has 0 saturated heterocycles. The van der Waals surface area contributed by atoms with E-state index < -0.39 is 0 Å². The van der Waals surface area contributed by atoms with Gasteiger partial charge < -0.3 is 0 Å². The second-order valence-corrected chi connectivity index (χ2v) is 1.80. The van der Waals surface area contributed by atoms with E-state index in [1.54, 1.807) is 0 Å². The highest BCUT2D eigenvalue weighted by Gasteiger charge is 1.97. The Balaban J connectivity index is 3.16. The summed E-state index contributed by atoms with van der Waals surface area (Å²) in [7, 11) is 2.03. The van der Waals surface area contributed by atoms with Gasteiger partial charge in [-0.05, 0) is 12.2 Å². The second-order valence-electron chi connectivity index (χ2n) is 1.80. The Hall–Kier alpha value is -0.560. The van der Waals surface area contributed by atoms with Gasteiger partial charge in [0.05, 0.1) is 0 Å². The standard InChI is InChI=1S/C7H13N/c1-4-6-8(3)7-5-2/h4-5H,1-2,6-7H2,3H3/q+1. The summed E-state index contributed by atoms with van der Waals surface area (Å²) < 4.78 is 0. The molecule has 0 fully saturated rings. The van der Waals surface area contributed by atoms with Gasteiger partial charge in [-0.2, -0.15) is 4.90 Å². The zero-order valence-electron chi connectivity index (χ0n) is 5.43. The molecule has 8 heavy (non-hydrogen) atoms. The molecule has 0 aromatic rings. The van der Waals surface area contributed by atoms with Crippen LogP contribution in [0.25, 0.3) is 0 Å².